The van der Waals surface area contributed by atoms with Gasteiger partial charge in [0.2, 0.25) is 5.91 Å². The zero-order valence-electron chi connectivity index (χ0n) is 13.9. The molecule has 0 bridgehead atoms. The highest BCUT2D eigenvalue weighted by Crippen LogP contribution is 2.39. The van der Waals surface area contributed by atoms with Crippen molar-refractivity contribution >= 4 is 5.91 Å². The number of nitrogens with zero attached hydrogens (tertiary/aromatic N) is 1. The molecule has 2 saturated heterocycles. The Morgan fingerprint density at radius 1 is 1.00 bits per heavy atom. The Bertz CT molecular complexity index is 530. The van der Waals surface area contributed by atoms with Crippen LogP contribution in [0.1, 0.15) is 50.0 Å². The molecular weight excluding hydrogens is 284 g/mol. The van der Waals surface area contributed by atoms with Gasteiger partial charge in [0.1, 0.15) is 0 Å². The molecule has 3 fully saturated rings. The second kappa shape index (κ2) is 6.64. The molecule has 1 aliphatic carbocycles. The summed E-state index contributed by atoms with van der Waals surface area (Å²) in [6.45, 7) is 3.04. The smallest absolute Gasteiger partial charge is 0.226 e. The molecule has 1 aromatic rings. The number of piperidine rings is 1. The average molecular weight is 312 g/mol. The van der Waals surface area contributed by atoms with Gasteiger partial charge in [0.15, 0.2) is 0 Å². The zero-order chi connectivity index (χ0) is 15.6. The summed E-state index contributed by atoms with van der Waals surface area (Å²) < 4.78 is 0. The van der Waals surface area contributed by atoms with Crippen LogP contribution >= 0.6 is 0 Å². The highest BCUT2D eigenvalue weighted by Gasteiger charge is 2.41. The van der Waals surface area contributed by atoms with Gasteiger partial charge in [-0.25, -0.2) is 0 Å². The summed E-state index contributed by atoms with van der Waals surface area (Å²) >= 11 is 0. The monoisotopic (exact) mass is 312 g/mol. The van der Waals surface area contributed by atoms with Crippen molar-refractivity contribution in [3.05, 3.63) is 35.9 Å². The first-order valence-corrected chi connectivity index (χ1v) is 9.40. The Kier molecular flexibility index (Phi) is 4.39. The summed E-state index contributed by atoms with van der Waals surface area (Å²) in [4.78, 5) is 15.4. The van der Waals surface area contributed by atoms with E-state index in [0.29, 0.717) is 23.8 Å². The van der Waals surface area contributed by atoms with E-state index in [0.717, 1.165) is 26.1 Å². The van der Waals surface area contributed by atoms with E-state index >= 15 is 0 Å². The van der Waals surface area contributed by atoms with Crippen LogP contribution in [-0.2, 0) is 4.79 Å². The lowest BCUT2D eigenvalue weighted by atomic mass is 9.75. The van der Waals surface area contributed by atoms with E-state index < -0.39 is 0 Å². The molecule has 124 valence electrons. The summed E-state index contributed by atoms with van der Waals surface area (Å²) in [6, 6.07) is 11.3. The second-order valence-electron chi connectivity index (χ2n) is 7.61. The van der Waals surface area contributed by atoms with Gasteiger partial charge in [0, 0.05) is 25.0 Å². The first kappa shape index (κ1) is 15.2. The SMILES string of the molecule is O=C([C@@H]1CCCC[C@@H]1c1ccccc1)N1C[C@@H]2CCCN[C@@H]2C1. The molecule has 0 spiro atoms. The third-order valence-corrected chi connectivity index (χ3v) is 6.22. The van der Waals surface area contributed by atoms with E-state index in [9.17, 15) is 4.79 Å². The van der Waals surface area contributed by atoms with E-state index in [1.807, 2.05) is 0 Å². The molecular formula is C20H28N2O. The lowest BCUT2D eigenvalue weighted by Gasteiger charge is -2.33. The highest BCUT2D eigenvalue weighted by molar-refractivity contribution is 5.80. The largest absolute Gasteiger partial charge is 0.341 e. The maximum atomic E-state index is 13.2. The van der Waals surface area contributed by atoms with Crippen LogP contribution in [0, 0.1) is 11.8 Å². The van der Waals surface area contributed by atoms with Crippen LogP contribution < -0.4 is 5.32 Å². The highest BCUT2D eigenvalue weighted by atomic mass is 16.2. The topological polar surface area (TPSA) is 32.3 Å². The maximum absolute atomic E-state index is 13.2. The van der Waals surface area contributed by atoms with Crippen molar-refractivity contribution < 1.29 is 4.79 Å². The third-order valence-electron chi connectivity index (χ3n) is 6.22. The molecule has 2 aliphatic heterocycles. The zero-order valence-corrected chi connectivity index (χ0v) is 13.9. The summed E-state index contributed by atoms with van der Waals surface area (Å²) in [7, 11) is 0. The van der Waals surface area contributed by atoms with Gasteiger partial charge in [-0.05, 0) is 49.6 Å². The Hall–Kier alpha value is -1.35. The van der Waals surface area contributed by atoms with Crippen LogP contribution in [0.3, 0.4) is 0 Å². The molecule has 4 rings (SSSR count). The lowest BCUT2D eigenvalue weighted by Crippen LogP contribution is -2.42. The van der Waals surface area contributed by atoms with Crippen molar-refractivity contribution in [3.8, 4) is 0 Å². The van der Waals surface area contributed by atoms with Gasteiger partial charge in [-0.15, -0.1) is 0 Å². The molecule has 3 aliphatic rings. The van der Waals surface area contributed by atoms with Crippen LogP contribution in [0.2, 0.25) is 0 Å². The van der Waals surface area contributed by atoms with Crippen molar-refractivity contribution in [2.75, 3.05) is 19.6 Å². The van der Waals surface area contributed by atoms with E-state index in [2.05, 4.69) is 40.5 Å². The van der Waals surface area contributed by atoms with Gasteiger partial charge >= 0.3 is 0 Å². The minimum Gasteiger partial charge on any atom is -0.341 e. The van der Waals surface area contributed by atoms with E-state index in [1.54, 1.807) is 0 Å². The lowest BCUT2D eigenvalue weighted by molar-refractivity contribution is -0.136. The number of carbonyl (C=O) groups is 1. The first-order valence-electron chi connectivity index (χ1n) is 9.40. The van der Waals surface area contributed by atoms with Crippen LogP contribution in [-0.4, -0.2) is 36.5 Å². The Balaban J connectivity index is 1.50. The standard InChI is InChI=1S/C20H28N2O/c23-20(22-13-16-9-6-12-21-19(16)14-22)18-11-5-4-10-17(18)15-7-2-1-3-8-15/h1-3,7-8,16-19,21H,4-6,9-14H2/t16-,17+,18+,19+/m0/s1. The van der Waals surface area contributed by atoms with E-state index in [-0.39, 0.29) is 5.92 Å². The number of hydrogen-bond acceptors (Lipinski definition) is 2. The molecule has 23 heavy (non-hydrogen) atoms. The molecule has 1 aromatic carbocycles. The predicted octanol–water partition coefficient (Wildman–Crippen LogP) is 3.17. The van der Waals surface area contributed by atoms with E-state index in [4.69, 9.17) is 0 Å². The molecule has 0 aromatic heterocycles. The quantitative estimate of drug-likeness (QED) is 0.910. The third kappa shape index (κ3) is 3.03. The summed E-state index contributed by atoms with van der Waals surface area (Å²) in [5.41, 5.74) is 1.36. The molecule has 3 heteroatoms. The fourth-order valence-corrected chi connectivity index (χ4v) is 4.99. The van der Waals surface area contributed by atoms with Gasteiger partial charge in [-0.1, -0.05) is 43.2 Å². The Morgan fingerprint density at radius 2 is 1.83 bits per heavy atom. The van der Waals surface area contributed by atoms with Crippen LogP contribution in [0.4, 0.5) is 0 Å². The van der Waals surface area contributed by atoms with Crippen LogP contribution in [0.15, 0.2) is 30.3 Å². The number of fused-ring (bicyclic) bond motifs is 1. The molecule has 2 heterocycles. The van der Waals surface area contributed by atoms with Gasteiger partial charge in [0.25, 0.3) is 0 Å². The first-order chi connectivity index (χ1) is 11.3. The van der Waals surface area contributed by atoms with Crippen LogP contribution in [0.5, 0.6) is 0 Å². The molecule has 0 unspecified atom stereocenters. The average Bonchev–Trinajstić information content (AvgIpc) is 3.06. The molecule has 1 N–H and O–H groups in total. The molecule has 1 saturated carbocycles. The molecule has 4 atom stereocenters. The van der Waals surface area contributed by atoms with Crippen molar-refractivity contribution in [2.24, 2.45) is 11.8 Å². The fourth-order valence-electron chi connectivity index (χ4n) is 4.99. The summed E-state index contributed by atoms with van der Waals surface area (Å²) in [6.07, 6.45) is 7.25. The minimum atomic E-state index is 0.200. The number of benzene rings is 1. The minimum absolute atomic E-state index is 0.200. The van der Waals surface area contributed by atoms with Crippen molar-refractivity contribution in [1.82, 2.24) is 10.2 Å². The molecule has 0 radical (unpaired) electrons. The van der Waals surface area contributed by atoms with Gasteiger partial charge in [-0.2, -0.15) is 0 Å². The van der Waals surface area contributed by atoms with Gasteiger partial charge in [0.05, 0.1) is 0 Å². The summed E-state index contributed by atoms with van der Waals surface area (Å²) in [5, 5.41) is 3.62. The number of likely N-dealkylation sites (tertiary alicyclic amines) is 1. The summed E-state index contributed by atoms with van der Waals surface area (Å²) in [5.74, 6) is 1.74. The normalized spacial score (nSPS) is 34.2. The van der Waals surface area contributed by atoms with E-state index in [1.165, 1.54) is 37.7 Å². The number of nitrogens with one attached hydrogen (secondary N) is 1. The predicted molar refractivity (Wildman–Crippen MR) is 92.2 cm³/mol. The Labute approximate surface area is 139 Å². The van der Waals surface area contributed by atoms with Crippen LogP contribution in [0.25, 0.3) is 0 Å². The second-order valence-corrected chi connectivity index (χ2v) is 7.61. The fraction of sp³-hybridized carbons (Fsp3) is 0.650. The number of rotatable bonds is 2. The maximum Gasteiger partial charge on any atom is 0.226 e. The molecule has 1 amide bonds. The van der Waals surface area contributed by atoms with Gasteiger partial charge < -0.3 is 10.2 Å². The number of carbonyl (C=O) groups excluding carboxylic acids is 1. The Morgan fingerprint density at radius 3 is 2.65 bits per heavy atom. The number of hydrogen-bond donors (Lipinski definition) is 1. The number of amides is 1. The van der Waals surface area contributed by atoms with Crippen molar-refractivity contribution in [2.45, 2.75) is 50.5 Å². The van der Waals surface area contributed by atoms with Gasteiger partial charge in [-0.3, -0.25) is 4.79 Å². The van der Waals surface area contributed by atoms with Crippen molar-refractivity contribution in [3.63, 3.8) is 0 Å². The molecule has 3 nitrogen and oxygen atoms in total. The van der Waals surface area contributed by atoms with Crippen molar-refractivity contribution in [1.29, 1.82) is 0 Å².